The molecule has 1 aliphatic carbocycles. The van der Waals surface area contributed by atoms with Gasteiger partial charge in [-0.2, -0.15) is 0 Å². The van der Waals surface area contributed by atoms with E-state index in [9.17, 15) is 9.59 Å². The number of rotatable bonds is 7. The summed E-state index contributed by atoms with van der Waals surface area (Å²) in [7, 11) is 1.63. The van der Waals surface area contributed by atoms with Crippen LogP contribution in [0.15, 0.2) is 24.3 Å². The molecule has 0 saturated heterocycles. The lowest BCUT2D eigenvalue weighted by atomic mass is 10.2. The number of aryl methyl sites for hydroxylation is 1. The van der Waals surface area contributed by atoms with E-state index in [1.807, 2.05) is 31.2 Å². The number of carbonyl (C=O) groups is 2. The lowest BCUT2D eigenvalue weighted by molar-refractivity contribution is -0.125. The summed E-state index contributed by atoms with van der Waals surface area (Å²) in [5, 5.41) is 5.71. The quantitative estimate of drug-likeness (QED) is 0.751. The maximum Gasteiger partial charge on any atom is 0.228 e. The molecule has 2 N–H and O–H groups in total. The average Bonchev–Trinajstić information content (AvgIpc) is 3.24. The highest BCUT2D eigenvalue weighted by Crippen LogP contribution is 2.39. The number of anilines is 1. The maximum atomic E-state index is 12.1. The van der Waals surface area contributed by atoms with Gasteiger partial charge in [-0.1, -0.05) is 12.1 Å². The highest BCUT2D eigenvalue weighted by atomic mass is 16.5. The molecule has 5 heteroatoms. The molecule has 1 saturated carbocycles. The normalized spacial score (nSPS) is 19.9. The minimum Gasteiger partial charge on any atom is -0.385 e. The third-order valence-electron chi connectivity index (χ3n) is 3.57. The van der Waals surface area contributed by atoms with Crippen LogP contribution in [0.2, 0.25) is 0 Å². The zero-order valence-corrected chi connectivity index (χ0v) is 12.5. The number of ether oxygens (including phenoxy) is 1. The number of methoxy groups -OCH3 is 1. The zero-order valence-electron chi connectivity index (χ0n) is 12.5. The number of amides is 2. The van der Waals surface area contributed by atoms with Crippen LogP contribution >= 0.6 is 0 Å². The molecule has 21 heavy (non-hydrogen) atoms. The molecule has 2 amide bonds. The summed E-state index contributed by atoms with van der Waals surface area (Å²) in [6, 6.07) is 7.65. The van der Waals surface area contributed by atoms with Crippen LogP contribution in [0.4, 0.5) is 5.69 Å². The Morgan fingerprint density at radius 2 is 2.05 bits per heavy atom. The van der Waals surface area contributed by atoms with Crippen molar-refractivity contribution in [2.24, 2.45) is 11.8 Å². The Hall–Kier alpha value is -1.88. The van der Waals surface area contributed by atoms with Crippen LogP contribution in [0.25, 0.3) is 0 Å². The standard InChI is InChI=1S/C16H22N2O3/c1-11-5-3-6-12(9-11)18-16(20)14-10-13(14)15(19)17-7-4-8-21-2/h3,5-6,9,13-14H,4,7-8,10H2,1-2H3,(H,17,19)(H,18,20). The van der Waals surface area contributed by atoms with Gasteiger partial charge in [0.05, 0.1) is 11.8 Å². The SMILES string of the molecule is COCCCNC(=O)C1CC1C(=O)Nc1cccc(C)c1. The van der Waals surface area contributed by atoms with Gasteiger partial charge in [0.1, 0.15) is 0 Å². The summed E-state index contributed by atoms with van der Waals surface area (Å²) in [4.78, 5) is 23.9. The first-order valence-electron chi connectivity index (χ1n) is 7.26. The van der Waals surface area contributed by atoms with E-state index >= 15 is 0 Å². The van der Waals surface area contributed by atoms with E-state index < -0.39 is 0 Å². The summed E-state index contributed by atoms with van der Waals surface area (Å²) < 4.78 is 4.92. The fourth-order valence-electron chi connectivity index (χ4n) is 2.29. The molecule has 1 aliphatic rings. The second kappa shape index (κ2) is 7.22. The van der Waals surface area contributed by atoms with Crippen molar-refractivity contribution in [3.8, 4) is 0 Å². The van der Waals surface area contributed by atoms with Gasteiger partial charge in [0.15, 0.2) is 0 Å². The van der Waals surface area contributed by atoms with Crippen molar-refractivity contribution in [2.75, 3.05) is 25.6 Å². The van der Waals surface area contributed by atoms with E-state index in [-0.39, 0.29) is 23.7 Å². The van der Waals surface area contributed by atoms with Crippen LogP contribution in [0.1, 0.15) is 18.4 Å². The van der Waals surface area contributed by atoms with Crippen molar-refractivity contribution >= 4 is 17.5 Å². The molecule has 0 radical (unpaired) electrons. The van der Waals surface area contributed by atoms with Gasteiger partial charge in [0, 0.05) is 25.9 Å². The van der Waals surface area contributed by atoms with E-state index in [1.165, 1.54) is 0 Å². The topological polar surface area (TPSA) is 67.4 Å². The molecule has 2 unspecified atom stereocenters. The first-order valence-corrected chi connectivity index (χ1v) is 7.26. The lowest BCUT2D eigenvalue weighted by Gasteiger charge is -2.06. The summed E-state index contributed by atoms with van der Waals surface area (Å²) in [6.45, 7) is 3.20. The smallest absolute Gasteiger partial charge is 0.228 e. The van der Waals surface area contributed by atoms with Crippen molar-refractivity contribution < 1.29 is 14.3 Å². The number of carbonyl (C=O) groups excluding carboxylic acids is 2. The number of benzene rings is 1. The molecule has 1 aromatic rings. The molecular weight excluding hydrogens is 268 g/mol. The molecule has 0 bridgehead atoms. The van der Waals surface area contributed by atoms with Crippen LogP contribution in [-0.2, 0) is 14.3 Å². The Morgan fingerprint density at radius 3 is 2.76 bits per heavy atom. The van der Waals surface area contributed by atoms with Gasteiger partial charge >= 0.3 is 0 Å². The molecule has 114 valence electrons. The Labute approximate surface area is 125 Å². The number of nitrogens with one attached hydrogen (secondary N) is 2. The molecule has 0 aliphatic heterocycles. The Morgan fingerprint density at radius 1 is 1.29 bits per heavy atom. The van der Waals surface area contributed by atoms with Gasteiger partial charge in [-0.3, -0.25) is 9.59 Å². The van der Waals surface area contributed by atoms with Crippen LogP contribution < -0.4 is 10.6 Å². The summed E-state index contributed by atoms with van der Waals surface area (Å²) in [5.41, 5.74) is 1.88. The summed E-state index contributed by atoms with van der Waals surface area (Å²) in [5.74, 6) is -0.488. The highest BCUT2D eigenvalue weighted by molar-refractivity contribution is 5.99. The molecule has 2 atom stereocenters. The van der Waals surface area contributed by atoms with Crippen LogP contribution in [-0.4, -0.2) is 32.1 Å². The van der Waals surface area contributed by atoms with Crippen LogP contribution in [0.5, 0.6) is 0 Å². The minimum atomic E-state index is -0.201. The minimum absolute atomic E-state index is 0.0319. The molecule has 0 heterocycles. The Balaban J connectivity index is 1.74. The van der Waals surface area contributed by atoms with E-state index in [4.69, 9.17) is 4.74 Å². The van der Waals surface area contributed by atoms with Crippen molar-refractivity contribution in [1.29, 1.82) is 0 Å². The van der Waals surface area contributed by atoms with Crippen molar-refractivity contribution in [2.45, 2.75) is 19.8 Å². The molecular formula is C16H22N2O3. The van der Waals surface area contributed by atoms with Gasteiger partial charge < -0.3 is 15.4 Å². The lowest BCUT2D eigenvalue weighted by Crippen LogP contribution is -2.28. The zero-order chi connectivity index (χ0) is 15.2. The second-order valence-electron chi connectivity index (χ2n) is 5.44. The first kappa shape index (κ1) is 15.5. The van der Waals surface area contributed by atoms with Gasteiger partial charge in [0.25, 0.3) is 0 Å². The van der Waals surface area contributed by atoms with Gasteiger partial charge in [-0.25, -0.2) is 0 Å². The van der Waals surface area contributed by atoms with E-state index in [0.717, 1.165) is 17.7 Å². The first-order chi connectivity index (χ1) is 10.1. The van der Waals surface area contributed by atoms with Crippen molar-refractivity contribution in [1.82, 2.24) is 5.32 Å². The average molecular weight is 290 g/mol. The number of hydrogen-bond donors (Lipinski definition) is 2. The fourth-order valence-corrected chi connectivity index (χ4v) is 2.29. The van der Waals surface area contributed by atoms with Crippen molar-refractivity contribution in [3.05, 3.63) is 29.8 Å². The predicted octanol–water partition coefficient (Wildman–Crippen LogP) is 1.72. The van der Waals surface area contributed by atoms with Crippen LogP contribution in [0, 0.1) is 18.8 Å². The highest BCUT2D eigenvalue weighted by Gasteiger charge is 2.47. The molecule has 0 spiro atoms. The van der Waals surface area contributed by atoms with E-state index in [1.54, 1.807) is 7.11 Å². The molecule has 1 aromatic carbocycles. The monoisotopic (exact) mass is 290 g/mol. The molecule has 1 fully saturated rings. The van der Waals surface area contributed by atoms with Crippen LogP contribution in [0.3, 0.4) is 0 Å². The third kappa shape index (κ3) is 4.56. The predicted molar refractivity (Wildman–Crippen MR) is 80.9 cm³/mol. The second-order valence-corrected chi connectivity index (χ2v) is 5.44. The number of hydrogen-bond acceptors (Lipinski definition) is 3. The molecule has 5 nitrogen and oxygen atoms in total. The van der Waals surface area contributed by atoms with Gasteiger partial charge in [0.2, 0.25) is 11.8 Å². The third-order valence-corrected chi connectivity index (χ3v) is 3.57. The van der Waals surface area contributed by atoms with E-state index in [0.29, 0.717) is 19.6 Å². The maximum absolute atomic E-state index is 12.1. The van der Waals surface area contributed by atoms with Gasteiger partial charge in [-0.05, 0) is 37.5 Å². The molecule has 0 aromatic heterocycles. The summed E-state index contributed by atoms with van der Waals surface area (Å²) in [6.07, 6.45) is 1.42. The summed E-state index contributed by atoms with van der Waals surface area (Å²) >= 11 is 0. The van der Waals surface area contributed by atoms with E-state index in [2.05, 4.69) is 10.6 Å². The molecule has 2 rings (SSSR count). The van der Waals surface area contributed by atoms with Gasteiger partial charge in [-0.15, -0.1) is 0 Å². The Kier molecular flexibility index (Phi) is 5.33. The largest absolute Gasteiger partial charge is 0.385 e. The fraction of sp³-hybridized carbons (Fsp3) is 0.500. The van der Waals surface area contributed by atoms with Crippen molar-refractivity contribution in [3.63, 3.8) is 0 Å². The Bertz CT molecular complexity index is 516.